The van der Waals surface area contributed by atoms with Gasteiger partial charge in [0, 0.05) is 17.7 Å². The summed E-state index contributed by atoms with van der Waals surface area (Å²) in [5.74, 6) is -0.106. The van der Waals surface area contributed by atoms with E-state index in [1.165, 1.54) is 6.33 Å². The lowest BCUT2D eigenvalue weighted by molar-refractivity contribution is 0.0931. The van der Waals surface area contributed by atoms with Gasteiger partial charge in [-0.15, -0.1) is 0 Å². The molecule has 6 nitrogen and oxygen atoms in total. The van der Waals surface area contributed by atoms with Gasteiger partial charge >= 0.3 is 0 Å². The molecule has 2 aromatic heterocycles. The third-order valence-electron chi connectivity index (χ3n) is 3.63. The minimum atomic E-state index is -0.106. The van der Waals surface area contributed by atoms with E-state index >= 15 is 0 Å². The van der Waals surface area contributed by atoms with E-state index in [1.54, 1.807) is 21.6 Å². The molecule has 2 heterocycles. The SMILES string of the molecule is CC(NC(=O)c1cc(Br)cn1C)c1ccc(-n2cncn2)cc1. The average Bonchev–Trinajstić information content (AvgIpc) is 3.17. The maximum atomic E-state index is 12.3. The van der Waals surface area contributed by atoms with Crippen molar-refractivity contribution < 1.29 is 4.79 Å². The minimum Gasteiger partial charge on any atom is -0.345 e. The molecule has 0 aliphatic heterocycles. The van der Waals surface area contributed by atoms with Gasteiger partial charge in [-0.25, -0.2) is 9.67 Å². The number of aromatic nitrogens is 4. The van der Waals surface area contributed by atoms with Crippen LogP contribution in [0.1, 0.15) is 29.0 Å². The Hall–Kier alpha value is -2.41. The first-order valence-corrected chi connectivity index (χ1v) is 7.91. The smallest absolute Gasteiger partial charge is 0.268 e. The summed E-state index contributed by atoms with van der Waals surface area (Å²) in [5, 5.41) is 7.10. The van der Waals surface area contributed by atoms with Gasteiger partial charge in [0.2, 0.25) is 0 Å². The van der Waals surface area contributed by atoms with Crippen LogP contribution in [0.15, 0.2) is 53.7 Å². The molecule has 3 aromatic rings. The van der Waals surface area contributed by atoms with E-state index in [0.29, 0.717) is 5.69 Å². The van der Waals surface area contributed by atoms with Gasteiger partial charge in [0.25, 0.3) is 5.91 Å². The molecule has 0 radical (unpaired) electrons. The zero-order valence-corrected chi connectivity index (χ0v) is 14.4. The Bertz CT molecular complexity index is 808. The molecule has 1 unspecified atom stereocenters. The Labute approximate surface area is 142 Å². The van der Waals surface area contributed by atoms with E-state index in [4.69, 9.17) is 0 Å². The Kier molecular flexibility index (Phi) is 4.29. The van der Waals surface area contributed by atoms with Crippen LogP contribution in [0.3, 0.4) is 0 Å². The molecule has 7 heteroatoms. The van der Waals surface area contributed by atoms with Crippen LogP contribution >= 0.6 is 15.9 Å². The topological polar surface area (TPSA) is 64.7 Å². The first-order chi connectivity index (χ1) is 11.0. The zero-order valence-electron chi connectivity index (χ0n) is 12.8. The van der Waals surface area contributed by atoms with Gasteiger partial charge in [-0.05, 0) is 46.6 Å². The second-order valence-electron chi connectivity index (χ2n) is 5.28. The summed E-state index contributed by atoms with van der Waals surface area (Å²) in [6.07, 6.45) is 4.99. The monoisotopic (exact) mass is 373 g/mol. The van der Waals surface area contributed by atoms with Gasteiger partial charge in [-0.3, -0.25) is 4.79 Å². The standard InChI is InChI=1S/C16H16BrN5O/c1-11(20-16(23)15-7-13(17)8-21(15)2)12-3-5-14(6-4-12)22-10-18-9-19-22/h3-11H,1-2H3,(H,20,23). The van der Waals surface area contributed by atoms with Crippen molar-refractivity contribution in [3.05, 3.63) is 64.9 Å². The van der Waals surface area contributed by atoms with E-state index in [9.17, 15) is 4.79 Å². The van der Waals surface area contributed by atoms with Gasteiger partial charge in [-0.1, -0.05) is 12.1 Å². The number of amides is 1. The van der Waals surface area contributed by atoms with Crippen LogP contribution in [0.5, 0.6) is 0 Å². The Morgan fingerprint density at radius 3 is 2.61 bits per heavy atom. The van der Waals surface area contributed by atoms with Crippen LogP contribution in [-0.4, -0.2) is 25.2 Å². The van der Waals surface area contributed by atoms with Crippen LogP contribution in [0, 0.1) is 0 Å². The molecular formula is C16H16BrN5O. The van der Waals surface area contributed by atoms with Gasteiger partial charge in [0.1, 0.15) is 18.3 Å². The highest BCUT2D eigenvalue weighted by molar-refractivity contribution is 9.10. The summed E-state index contributed by atoms with van der Waals surface area (Å²) in [6, 6.07) is 9.56. The normalized spacial score (nSPS) is 12.1. The molecule has 0 aliphatic carbocycles. The predicted octanol–water partition coefficient (Wildman–Crippen LogP) is 2.86. The molecule has 1 atom stereocenters. The highest BCUT2D eigenvalue weighted by Gasteiger charge is 2.15. The third-order valence-corrected chi connectivity index (χ3v) is 4.06. The minimum absolute atomic E-state index is 0.0963. The lowest BCUT2D eigenvalue weighted by Crippen LogP contribution is -2.28. The van der Waals surface area contributed by atoms with E-state index in [2.05, 4.69) is 31.3 Å². The number of carbonyl (C=O) groups excluding carboxylic acids is 1. The van der Waals surface area contributed by atoms with Crippen LogP contribution in [0.25, 0.3) is 5.69 Å². The number of nitrogens with one attached hydrogen (secondary N) is 1. The lowest BCUT2D eigenvalue weighted by atomic mass is 10.1. The maximum Gasteiger partial charge on any atom is 0.268 e. The van der Waals surface area contributed by atoms with Crippen LogP contribution < -0.4 is 5.32 Å². The van der Waals surface area contributed by atoms with E-state index in [0.717, 1.165) is 15.7 Å². The summed E-state index contributed by atoms with van der Waals surface area (Å²) < 4.78 is 4.36. The van der Waals surface area contributed by atoms with Crippen molar-refractivity contribution >= 4 is 21.8 Å². The molecule has 23 heavy (non-hydrogen) atoms. The molecule has 118 valence electrons. The third kappa shape index (κ3) is 3.34. The number of halogens is 1. The van der Waals surface area contributed by atoms with Crippen LogP contribution in [-0.2, 0) is 7.05 Å². The number of carbonyl (C=O) groups is 1. The Balaban J connectivity index is 1.72. The first-order valence-electron chi connectivity index (χ1n) is 7.12. The van der Waals surface area contributed by atoms with Crippen molar-refractivity contribution in [2.24, 2.45) is 7.05 Å². The fraction of sp³-hybridized carbons (Fsp3) is 0.188. The first kappa shape index (κ1) is 15.5. The molecule has 0 fully saturated rings. The highest BCUT2D eigenvalue weighted by Crippen LogP contribution is 2.17. The number of benzene rings is 1. The van der Waals surface area contributed by atoms with Gasteiger partial charge < -0.3 is 9.88 Å². The second-order valence-corrected chi connectivity index (χ2v) is 6.20. The molecule has 1 aromatic carbocycles. The zero-order chi connectivity index (χ0) is 16.4. The van der Waals surface area contributed by atoms with E-state index in [-0.39, 0.29) is 11.9 Å². The molecule has 1 amide bonds. The van der Waals surface area contributed by atoms with Crippen LogP contribution in [0.4, 0.5) is 0 Å². The lowest BCUT2D eigenvalue weighted by Gasteiger charge is -2.15. The predicted molar refractivity (Wildman–Crippen MR) is 90.4 cm³/mol. The number of nitrogens with zero attached hydrogens (tertiary/aromatic N) is 4. The maximum absolute atomic E-state index is 12.3. The van der Waals surface area contributed by atoms with Crippen molar-refractivity contribution in [2.75, 3.05) is 0 Å². The Morgan fingerprint density at radius 1 is 1.30 bits per heavy atom. The van der Waals surface area contributed by atoms with Crippen LogP contribution in [0.2, 0.25) is 0 Å². The highest BCUT2D eigenvalue weighted by atomic mass is 79.9. The summed E-state index contributed by atoms with van der Waals surface area (Å²) in [7, 11) is 1.84. The summed E-state index contributed by atoms with van der Waals surface area (Å²) >= 11 is 3.38. The number of rotatable bonds is 4. The largest absolute Gasteiger partial charge is 0.345 e. The molecule has 0 spiro atoms. The molecule has 3 rings (SSSR count). The van der Waals surface area contributed by atoms with Gasteiger partial charge in [-0.2, -0.15) is 5.10 Å². The van der Waals surface area contributed by atoms with E-state index < -0.39 is 0 Å². The van der Waals surface area contributed by atoms with Crippen molar-refractivity contribution in [1.82, 2.24) is 24.6 Å². The van der Waals surface area contributed by atoms with Gasteiger partial charge in [0.05, 0.1) is 11.7 Å². The van der Waals surface area contributed by atoms with Crippen molar-refractivity contribution in [1.29, 1.82) is 0 Å². The Morgan fingerprint density at radius 2 is 2.04 bits per heavy atom. The number of hydrogen-bond donors (Lipinski definition) is 1. The summed E-state index contributed by atoms with van der Waals surface area (Å²) in [5.41, 5.74) is 2.56. The van der Waals surface area contributed by atoms with Crippen molar-refractivity contribution in [3.63, 3.8) is 0 Å². The second kappa shape index (κ2) is 6.37. The van der Waals surface area contributed by atoms with Crippen molar-refractivity contribution in [2.45, 2.75) is 13.0 Å². The molecule has 1 N–H and O–H groups in total. The molecular weight excluding hydrogens is 358 g/mol. The molecule has 0 saturated heterocycles. The molecule has 0 aliphatic rings. The fourth-order valence-corrected chi connectivity index (χ4v) is 2.89. The molecule has 0 saturated carbocycles. The quantitative estimate of drug-likeness (QED) is 0.764. The van der Waals surface area contributed by atoms with E-state index in [1.807, 2.05) is 44.4 Å². The number of aryl methyl sites for hydroxylation is 1. The summed E-state index contributed by atoms with van der Waals surface area (Å²) in [6.45, 7) is 1.96. The fourth-order valence-electron chi connectivity index (χ4n) is 2.36. The molecule has 0 bridgehead atoms. The average molecular weight is 374 g/mol. The summed E-state index contributed by atoms with van der Waals surface area (Å²) in [4.78, 5) is 16.3. The van der Waals surface area contributed by atoms with Gasteiger partial charge in [0.15, 0.2) is 0 Å². The number of hydrogen-bond acceptors (Lipinski definition) is 3. The van der Waals surface area contributed by atoms with Crippen molar-refractivity contribution in [3.8, 4) is 5.69 Å².